The van der Waals surface area contributed by atoms with Crippen LogP contribution in [0.25, 0.3) is 0 Å². The maximum absolute atomic E-state index is 12.2. The first-order valence-corrected chi connectivity index (χ1v) is 8.48. The molecule has 1 aliphatic rings. The van der Waals surface area contributed by atoms with Crippen molar-refractivity contribution < 1.29 is 13.9 Å². The smallest absolute Gasteiger partial charge is 0.410 e. The van der Waals surface area contributed by atoms with Gasteiger partial charge in [-0.25, -0.2) is 4.79 Å². The van der Waals surface area contributed by atoms with Crippen molar-refractivity contribution in [1.29, 1.82) is 5.26 Å². The van der Waals surface area contributed by atoms with Crippen LogP contribution in [0, 0.1) is 17.2 Å². The van der Waals surface area contributed by atoms with Crippen LogP contribution in [0.2, 0.25) is 0 Å². The largest absolute Gasteiger partial charge is 0.449 e. The summed E-state index contributed by atoms with van der Waals surface area (Å²) >= 11 is 0. The molecule has 0 saturated carbocycles. The molecule has 2 atom stereocenters. The van der Waals surface area contributed by atoms with E-state index in [4.69, 9.17) is 14.4 Å². The van der Waals surface area contributed by atoms with Gasteiger partial charge in [-0.1, -0.05) is 0 Å². The number of rotatable bonds is 4. The number of furan rings is 1. The van der Waals surface area contributed by atoms with Crippen LogP contribution in [0.1, 0.15) is 52.1 Å². The third kappa shape index (κ3) is 5.27. The van der Waals surface area contributed by atoms with Gasteiger partial charge in [0.05, 0.1) is 6.54 Å². The number of hydrogen-bond acceptors (Lipinski definition) is 5. The van der Waals surface area contributed by atoms with Crippen LogP contribution < -0.4 is 5.32 Å². The summed E-state index contributed by atoms with van der Waals surface area (Å²) in [5, 5.41) is 12.2. The Balaban J connectivity index is 1.84. The molecule has 0 radical (unpaired) electrons. The maximum Gasteiger partial charge on any atom is 0.410 e. The summed E-state index contributed by atoms with van der Waals surface area (Å²) in [5.74, 6) is 1.45. The second-order valence-corrected chi connectivity index (χ2v) is 7.38. The minimum absolute atomic E-state index is 0.232. The van der Waals surface area contributed by atoms with E-state index in [0.717, 1.165) is 25.1 Å². The highest BCUT2D eigenvalue weighted by Gasteiger charge is 2.30. The molecule has 1 aromatic heterocycles. The summed E-state index contributed by atoms with van der Waals surface area (Å²) in [6.07, 6.45) is 1.83. The molecule has 1 aliphatic heterocycles. The molecule has 1 N–H and O–H groups in total. The summed E-state index contributed by atoms with van der Waals surface area (Å²) in [6.45, 7) is 9.80. The third-order valence-electron chi connectivity index (χ3n) is 4.19. The number of carbonyl (C=O) groups excluding carboxylic acids is 1. The molecule has 1 saturated heterocycles. The fourth-order valence-electron chi connectivity index (χ4n) is 2.87. The van der Waals surface area contributed by atoms with E-state index in [1.165, 1.54) is 0 Å². The van der Waals surface area contributed by atoms with Crippen molar-refractivity contribution in [2.24, 2.45) is 5.92 Å². The lowest BCUT2D eigenvalue weighted by molar-refractivity contribution is 0.0147. The quantitative estimate of drug-likeness (QED) is 0.915. The van der Waals surface area contributed by atoms with Gasteiger partial charge in [-0.15, -0.1) is 0 Å². The third-order valence-corrected chi connectivity index (χ3v) is 4.19. The van der Waals surface area contributed by atoms with Crippen LogP contribution in [0.3, 0.4) is 0 Å². The van der Waals surface area contributed by atoms with E-state index in [1.54, 1.807) is 11.0 Å². The maximum atomic E-state index is 12.2. The second-order valence-electron chi connectivity index (χ2n) is 7.38. The molecule has 132 valence electrons. The van der Waals surface area contributed by atoms with Gasteiger partial charge in [-0.3, -0.25) is 0 Å². The van der Waals surface area contributed by atoms with E-state index in [2.05, 4.69) is 12.2 Å². The van der Waals surface area contributed by atoms with Gasteiger partial charge >= 0.3 is 6.09 Å². The highest BCUT2D eigenvalue weighted by Crippen LogP contribution is 2.22. The van der Waals surface area contributed by atoms with Crippen LogP contribution in [-0.2, 0) is 11.3 Å². The zero-order chi connectivity index (χ0) is 17.7. The molecule has 2 unspecified atom stereocenters. The van der Waals surface area contributed by atoms with E-state index in [0.29, 0.717) is 24.8 Å². The first-order valence-electron chi connectivity index (χ1n) is 8.48. The Hall–Kier alpha value is -2.00. The molecule has 1 aromatic rings. The number of ether oxygens (including phenoxy) is 1. The minimum atomic E-state index is -0.467. The number of piperidine rings is 1. The standard InChI is InChI=1S/C18H27N3O3/c1-13(20-11-16-8-7-15(10-19)23-16)14-6-5-9-21(12-14)17(22)24-18(2,3)4/h7-8,13-14,20H,5-6,9,11-12H2,1-4H3. The number of likely N-dealkylation sites (tertiary alicyclic amines) is 1. The lowest BCUT2D eigenvalue weighted by Gasteiger charge is -2.36. The van der Waals surface area contributed by atoms with Gasteiger partial charge in [-0.05, 0) is 58.6 Å². The van der Waals surface area contributed by atoms with Gasteiger partial charge in [0, 0.05) is 19.1 Å². The average Bonchev–Trinajstić information content (AvgIpc) is 2.99. The van der Waals surface area contributed by atoms with Crippen LogP contribution in [0.5, 0.6) is 0 Å². The zero-order valence-corrected chi connectivity index (χ0v) is 15.0. The Bertz CT molecular complexity index is 597. The van der Waals surface area contributed by atoms with Crippen LogP contribution in [0.15, 0.2) is 16.5 Å². The van der Waals surface area contributed by atoms with Gasteiger partial charge in [0.1, 0.15) is 17.4 Å². The van der Waals surface area contributed by atoms with Gasteiger partial charge in [0.2, 0.25) is 5.76 Å². The van der Waals surface area contributed by atoms with E-state index in [1.807, 2.05) is 32.9 Å². The molecule has 0 aromatic carbocycles. The number of carbonyl (C=O) groups is 1. The molecule has 6 nitrogen and oxygen atoms in total. The van der Waals surface area contributed by atoms with E-state index < -0.39 is 5.60 Å². The Morgan fingerprint density at radius 2 is 2.29 bits per heavy atom. The van der Waals surface area contributed by atoms with Crippen LogP contribution in [0.4, 0.5) is 4.79 Å². The first-order chi connectivity index (χ1) is 11.3. The van der Waals surface area contributed by atoms with Crippen molar-refractivity contribution in [2.45, 2.75) is 58.7 Å². The number of hydrogen-bond donors (Lipinski definition) is 1. The Morgan fingerprint density at radius 3 is 2.92 bits per heavy atom. The molecule has 2 rings (SSSR count). The molecule has 6 heteroatoms. The van der Waals surface area contributed by atoms with Crippen molar-refractivity contribution in [2.75, 3.05) is 13.1 Å². The second kappa shape index (κ2) is 7.71. The average molecular weight is 333 g/mol. The molecule has 2 heterocycles. The topological polar surface area (TPSA) is 78.5 Å². The minimum Gasteiger partial charge on any atom is -0.449 e. The monoisotopic (exact) mass is 333 g/mol. The molecular weight excluding hydrogens is 306 g/mol. The molecular formula is C18H27N3O3. The Kier molecular flexibility index (Phi) is 5.89. The van der Waals surface area contributed by atoms with E-state index in [9.17, 15) is 4.79 Å². The predicted octanol–water partition coefficient (Wildman–Crippen LogP) is 3.28. The van der Waals surface area contributed by atoms with Gasteiger partial charge in [0.25, 0.3) is 0 Å². The lowest BCUT2D eigenvalue weighted by Crippen LogP contribution is -2.47. The fraction of sp³-hybridized carbons (Fsp3) is 0.667. The highest BCUT2D eigenvalue weighted by atomic mass is 16.6. The SMILES string of the molecule is CC(NCc1ccc(C#N)o1)C1CCCN(C(=O)OC(C)(C)C)C1. The highest BCUT2D eigenvalue weighted by molar-refractivity contribution is 5.68. The van der Waals surface area contributed by atoms with Gasteiger partial charge in [0.15, 0.2) is 0 Å². The van der Waals surface area contributed by atoms with Crippen molar-refractivity contribution >= 4 is 6.09 Å². The summed E-state index contributed by atoms with van der Waals surface area (Å²) in [5.41, 5.74) is -0.467. The fourth-order valence-corrected chi connectivity index (χ4v) is 2.87. The van der Waals surface area contributed by atoms with Crippen molar-refractivity contribution in [3.63, 3.8) is 0 Å². The lowest BCUT2D eigenvalue weighted by atomic mass is 9.92. The van der Waals surface area contributed by atoms with Crippen molar-refractivity contribution in [3.8, 4) is 6.07 Å². The van der Waals surface area contributed by atoms with Crippen molar-refractivity contribution in [3.05, 3.63) is 23.7 Å². The van der Waals surface area contributed by atoms with Gasteiger partial charge in [-0.2, -0.15) is 5.26 Å². The Morgan fingerprint density at radius 1 is 1.54 bits per heavy atom. The molecule has 0 spiro atoms. The van der Waals surface area contributed by atoms with E-state index >= 15 is 0 Å². The Labute approximate surface area is 143 Å². The van der Waals surface area contributed by atoms with E-state index in [-0.39, 0.29) is 12.1 Å². The number of nitrogens with zero attached hydrogens (tertiary/aromatic N) is 2. The summed E-state index contributed by atoms with van der Waals surface area (Å²) < 4.78 is 10.8. The molecule has 0 aliphatic carbocycles. The normalized spacial score (nSPS) is 19.6. The first kappa shape index (κ1) is 18.3. The molecule has 24 heavy (non-hydrogen) atoms. The van der Waals surface area contributed by atoms with Crippen molar-refractivity contribution in [1.82, 2.24) is 10.2 Å². The number of nitrogens with one attached hydrogen (secondary N) is 1. The summed E-state index contributed by atoms with van der Waals surface area (Å²) in [6, 6.07) is 5.71. The molecule has 1 fully saturated rings. The number of amides is 1. The van der Waals surface area contributed by atoms with Crippen LogP contribution >= 0.6 is 0 Å². The predicted molar refractivity (Wildman–Crippen MR) is 90.3 cm³/mol. The summed E-state index contributed by atoms with van der Waals surface area (Å²) in [4.78, 5) is 14.0. The summed E-state index contributed by atoms with van der Waals surface area (Å²) in [7, 11) is 0. The number of nitriles is 1. The molecule has 1 amide bonds. The van der Waals surface area contributed by atoms with Crippen LogP contribution in [-0.4, -0.2) is 35.7 Å². The molecule has 0 bridgehead atoms. The van der Waals surface area contributed by atoms with Gasteiger partial charge < -0.3 is 19.4 Å². The zero-order valence-electron chi connectivity index (χ0n) is 15.0.